The predicted octanol–water partition coefficient (Wildman–Crippen LogP) is 6.73. The van der Waals surface area contributed by atoms with E-state index >= 15 is 0 Å². The van der Waals surface area contributed by atoms with Gasteiger partial charge in [-0.05, 0) is 105 Å². The lowest BCUT2D eigenvalue weighted by Crippen LogP contribution is -2.63. The molecule has 2 heteroatoms. The zero-order valence-electron chi connectivity index (χ0n) is 22.1. The van der Waals surface area contributed by atoms with Crippen LogP contribution in [0, 0.1) is 51.3 Å². The summed E-state index contributed by atoms with van der Waals surface area (Å²) in [6, 6.07) is 0. The van der Waals surface area contributed by atoms with Crippen LogP contribution in [0.25, 0.3) is 0 Å². The van der Waals surface area contributed by atoms with Crippen molar-refractivity contribution in [1.29, 1.82) is 0 Å². The maximum Gasteiger partial charge on any atom is 0.0431 e. The predicted molar refractivity (Wildman–Crippen MR) is 138 cm³/mol. The molecule has 0 aromatic rings. The Hall–Kier alpha value is -0.780. The van der Waals surface area contributed by atoms with Crippen LogP contribution in [0.3, 0.4) is 0 Å². The number of aliphatic hydroxyl groups is 1. The summed E-state index contributed by atoms with van der Waals surface area (Å²) >= 11 is 0. The van der Waals surface area contributed by atoms with Crippen molar-refractivity contribution in [1.82, 2.24) is 4.90 Å². The van der Waals surface area contributed by atoms with Crippen molar-refractivity contribution < 1.29 is 5.11 Å². The fourth-order valence-electron chi connectivity index (χ4n) is 12.3. The largest absolute Gasteiger partial charge is 0.396 e. The van der Waals surface area contributed by atoms with Crippen molar-refractivity contribution in [2.75, 3.05) is 19.7 Å². The van der Waals surface area contributed by atoms with Gasteiger partial charge in [-0.2, -0.15) is 0 Å². The smallest absolute Gasteiger partial charge is 0.0431 e. The number of nitrogens with zero attached hydrogens (tertiary/aromatic N) is 1. The Labute approximate surface area is 208 Å². The van der Waals surface area contributed by atoms with Crippen LogP contribution in [0.5, 0.6) is 0 Å². The first-order chi connectivity index (χ1) is 16.4. The van der Waals surface area contributed by atoms with Gasteiger partial charge in [0, 0.05) is 43.5 Å². The molecule has 0 radical (unpaired) electrons. The van der Waals surface area contributed by atoms with Crippen LogP contribution in [-0.2, 0) is 0 Å². The number of hydrogen-bond donors (Lipinski definition) is 1. The van der Waals surface area contributed by atoms with Gasteiger partial charge < -0.3 is 5.11 Å². The van der Waals surface area contributed by atoms with Gasteiger partial charge in [0.15, 0.2) is 0 Å². The second kappa shape index (κ2) is 7.16. The average Bonchev–Trinajstić information content (AvgIpc) is 3.13. The molecule has 8 atom stereocenters. The van der Waals surface area contributed by atoms with E-state index in [0.29, 0.717) is 33.8 Å². The molecule has 3 spiro atoms. The first-order valence-corrected chi connectivity index (χ1v) is 14.9. The summed E-state index contributed by atoms with van der Waals surface area (Å²) in [4.78, 5) is 3.03. The van der Waals surface area contributed by atoms with Crippen LogP contribution in [0.15, 0.2) is 11.1 Å². The van der Waals surface area contributed by atoms with E-state index in [9.17, 15) is 5.11 Å². The molecule has 8 unspecified atom stereocenters. The summed E-state index contributed by atoms with van der Waals surface area (Å²) < 4.78 is 0. The minimum Gasteiger partial charge on any atom is -0.396 e. The van der Waals surface area contributed by atoms with E-state index in [-0.39, 0.29) is 0 Å². The molecule has 5 aliphatic carbocycles. The lowest BCUT2D eigenvalue weighted by molar-refractivity contribution is -0.177. The van der Waals surface area contributed by atoms with Gasteiger partial charge in [0.2, 0.25) is 0 Å². The van der Waals surface area contributed by atoms with Crippen LogP contribution in [0.4, 0.5) is 0 Å². The third kappa shape index (κ3) is 2.39. The molecule has 4 saturated carbocycles. The molecule has 2 bridgehead atoms. The van der Waals surface area contributed by atoms with E-state index < -0.39 is 0 Å². The molecular formula is C32H47NO. The third-order valence-corrected chi connectivity index (χ3v) is 13.9. The van der Waals surface area contributed by atoms with E-state index in [1.165, 1.54) is 83.7 Å². The molecule has 0 amide bonds. The van der Waals surface area contributed by atoms with Crippen molar-refractivity contribution in [3.63, 3.8) is 0 Å². The Morgan fingerprint density at radius 2 is 1.91 bits per heavy atom. The molecule has 34 heavy (non-hydrogen) atoms. The molecule has 2 aliphatic heterocycles. The molecule has 7 aliphatic rings. The minimum absolute atomic E-state index is 0.327. The highest BCUT2D eigenvalue weighted by Crippen LogP contribution is 2.85. The second-order valence-electron chi connectivity index (χ2n) is 14.4. The quantitative estimate of drug-likeness (QED) is 0.286. The number of allylic oxidation sites excluding steroid dienone is 2. The van der Waals surface area contributed by atoms with E-state index in [0.717, 1.165) is 37.0 Å². The summed E-state index contributed by atoms with van der Waals surface area (Å²) in [5.74, 6) is 10.1. The van der Waals surface area contributed by atoms with Gasteiger partial charge in [0.05, 0.1) is 0 Å². The Balaban J connectivity index is 1.37. The summed E-state index contributed by atoms with van der Waals surface area (Å²) in [5, 5.41) is 9.50. The fraction of sp³-hybridized carbons (Fsp3) is 0.875. The molecule has 2 nitrogen and oxygen atoms in total. The monoisotopic (exact) mass is 461 g/mol. The van der Waals surface area contributed by atoms with Crippen molar-refractivity contribution in [2.24, 2.45) is 39.4 Å². The molecule has 2 heterocycles. The summed E-state index contributed by atoms with van der Waals surface area (Å²) in [6.07, 6.45) is 18.7. The lowest BCUT2D eigenvalue weighted by Gasteiger charge is -2.66. The van der Waals surface area contributed by atoms with Crippen LogP contribution in [-0.4, -0.2) is 35.2 Å². The van der Waals surface area contributed by atoms with E-state index in [2.05, 4.69) is 37.5 Å². The van der Waals surface area contributed by atoms with Gasteiger partial charge in [0.1, 0.15) is 0 Å². The number of aliphatic hydroxyl groups excluding tert-OH is 1. The van der Waals surface area contributed by atoms with E-state index in [4.69, 9.17) is 0 Å². The topological polar surface area (TPSA) is 23.2 Å². The Bertz CT molecular complexity index is 979. The van der Waals surface area contributed by atoms with Crippen molar-refractivity contribution in [3.8, 4) is 11.8 Å². The Morgan fingerprint density at radius 1 is 1.09 bits per heavy atom. The zero-order valence-corrected chi connectivity index (χ0v) is 22.1. The number of rotatable bonds is 3. The SMILES string of the molecule is CC1=C2CC34CN5CC56CCC(CCCO)C6CC#CCC3(C)C2(CC1)C(C)CC41CCCC1. The van der Waals surface area contributed by atoms with Crippen molar-refractivity contribution >= 4 is 0 Å². The standard InChI is InChI=1S/C32H47NO/c1-23-11-17-32-24(2)19-29(14-6-7-15-29)31(20-27(23)32)22-33-21-30(33)16-12-25(9-8-18-34)26(30)10-4-5-13-28(31,32)3/h24-26,34H,6-22H2,1-3H3. The molecule has 1 N–H and O–H groups in total. The highest BCUT2D eigenvalue weighted by atomic mass is 16.2. The average molecular weight is 462 g/mol. The van der Waals surface area contributed by atoms with Gasteiger partial charge in [0.25, 0.3) is 0 Å². The van der Waals surface area contributed by atoms with Crippen molar-refractivity contribution in [2.45, 2.75) is 116 Å². The molecule has 186 valence electrons. The maximum atomic E-state index is 9.50. The van der Waals surface area contributed by atoms with Crippen LogP contribution < -0.4 is 0 Å². The maximum absolute atomic E-state index is 9.50. The van der Waals surface area contributed by atoms with Crippen LogP contribution in [0.2, 0.25) is 0 Å². The number of hydrogen-bond acceptors (Lipinski definition) is 2. The van der Waals surface area contributed by atoms with E-state index in [1.807, 2.05) is 5.57 Å². The van der Waals surface area contributed by atoms with E-state index in [1.54, 1.807) is 5.57 Å². The zero-order chi connectivity index (χ0) is 23.4. The van der Waals surface area contributed by atoms with Crippen LogP contribution in [0.1, 0.15) is 111 Å². The summed E-state index contributed by atoms with van der Waals surface area (Å²) in [6.45, 7) is 11.0. The first-order valence-electron chi connectivity index (χ1n) is 14.9. The molecule has 1 saturated heterocycles. The third-order valence-electron chi connectivity index (χ3n) is 13.9. The fourth-order valence-corrected chi connectivity index (χ4v) is 12.3. The lowest BCUT2D eigenvalue weighted by atomic mass is 9.38. The summed E-state index contributed by atoms with van der Waals surface area (Å²) in [7, 11) is 0. The molecule has 0 aromatic heterocycles. The van der Waals surface area contributed by atoms with Crippen LogP contribution >= 0.6 is 0 Å². The normalized spacial score (nSPS) is 52.0. The minimum atomic E-state index is 0.327. The van der Waals surface area contributed by atoms with Gasteiger partial charge >= 0.3 is 0 Å². The highest BCUT2D eigenvalue weighted by molar-refractivity contribution is 5.45. The first kappa shape index (κ1) is 22.4. The summed E-state index contributed by atoms with van der Waals surface area (Å²) in [5.41, 5.74) is 5.84. The van der Waals surface area contributed by atoms with Gasteiger partial charge in [-0.3, -0.25) is 4.90 Å². The molecule has 5 fully saturated rings. The Morgan fingerprint density at radius 3 is 2.71 bits per heavy atom. The molecule has 7 rings (SSSR count). The highest BCUT2D eigenvalue weighted by Gasteiger charge is 2.79. The second-order valence-corrected chi connectivity index (χ2v) is 14.4. The molecule has 0 aromatic carbocycles. The molecular weight excluding hydrogens is 414 g/mol. The van der Waals surface area contributed by atoms with Crippen molar-refractivity contribution in [3.05, 3.63) is 11.1 Å². The van der Waals surface area contributed by atoms with Gasteiger partial charge in [-0.1, -0.05) is 37.8 Å². The van der Waals surface area contributed by atoms with Gasteiger partial charge in [-0.25, -0.2) is 0 Å². The Kier molecular flexibility index (Phi) is 4.72. The van der Waals surface area contributed by atoms with Gasteiger partial charge in [-0.15, -0.1) is 11.8 Å².